The Morgan fingerprint density at radius 2 is 2.11 bits per heavy atom. The summed E-state index contributed by atoms with van der Waals surface area (Å²) >= 11 is 0. The van der Waals surface area contributed by atoms with Gasteiger partial charge < -0.3 is 0 Å². The molecule has 0 spiro atoms. The van der Waals surface area contributed by atoms with Crippen molar-refractivity contribution in [3.05, 3.63) is 11.6 Å². The van der Waals surface area contributed by atoms with Crippen LogP contribution in [0.1, 0.15) is 57.7 Å². The van der Waals surface area contributed by atoms with E-state index in [1.807, 2.05) is 0 Å². The highest BCUT2D eigenvalue weighted by molar-refractivity contribution is 5.04. The Balaban J connectivity index is 1.84. The highest BCUT2D eigenvalue weighted by atomic mass is 15.4. The first-order chi connectivity index (χ1) is 8.65. The zero-order valence-electron chi connectivity index (χ0n) is 11.8. The van der Waals surface area contributed by atoms with Gasteiger partial charge in [-0.25, -0.2) is 9.67 Å². The van der Waals surface area contributed by atoms with Gasteiger partial charge in [0.15, 0.2) is 5.82 Å². The molecule has 1 fully saturated rings. The maximum atomic E-state index is 4.81. The van der Waals surface area contributed by atoms with Gasteiger partial charge in [-0.2, -0.15) is 5.10 Å². The van der Waals surface area contributed by atoms with Gasteiger partial charge in [0.1, 0.15) is 5.82 Å². The molecule has 0 aliphatic carbocycles. The molecular formula is C14H24N4. The van der Waals surface area contributed by atoms with Gasteiger partial charge in [0, 0.05) is 19.0 Å². The topological polar surface area (TPSA) is 34.0 Å². The molecule has 0 N–H and O–H groups in total. The van der Waals surface area contributed by atoms with Crippen LogP contribution in [0.3, 0.4) is 0 Å². The van der Waals surface area contributed by atoms with Crippen molar-refractivity contribution in [2.75, 3.05) is 6.54 Å². The van der Waals surface area contributed by atoms with E-state index in [1.54, 1.807) is 0 Å². The summed E-state index contributed by atoms with van der Waals surface area (Å²) in [6, 6.07) is 1.05. The molecule has 1 aromatic heterocycles. The fourth-order valence-electron chi connectivity index (χ4n) is 3.31. The van der Waals surface area contributed by atoms with Gasteiger partial charge >= 0.3 is 0 Å². The first-order valence-corrected chi connectivity index (χ1v) is 7.34. The van der Waals surface area contributed by atoms with E-state index in [-0.39, 0.29) is 0 Å². The Kier molecular flexibility index (Phi) is 3.14. The molecule has 4 heteroatoms. The summed E-state index contributed by atoms with van der Waals surface area (Å²) in [5, 5.41) is 4.78. The summed E-state index contributed by atoms with van der Waals surface area (Å²) in [7, 11) is 0. The highest BCUT2D eigenvalue weighted by Gasteiger charge is 2.32. The summed E-state index contributed by atoms with van der Waals surface area (Å²) in [5.74, 6) is 3.03. The smallest absolute Gasteiger partial charge is 0.168 e. The number of likely N-dealkylation sites (tertiary alicyclic amines) is 1. The van der Waals surface area contributed by atoms with Gasteiger partial charge in [0.2, 0.25) is 0 Å². The number of fused-ring (bicyclic) bond motifs is 1. The van der Waals surface area contributed by atoms with E-state index in [4.69, 9.17) is 10.1 Å². The minimum absolute atomic E-state index is 0.457. The van der Waals surface area contributed by atoms with Crippen LogP contribution in [0.4, 0.5) is 0 Å². The van der Waals surface area contributed by atoms with Crippen LogP contribution < -0.4 is 0 Å². The van der Waals surface area contributed by atoms with E-state index in [2.05, 4.69) is 30.4 Å². The maximum Gasteiger partial charge on any atom is 0.168 e. The second-order valence-corrected chi connectivity index (χ2v) is 6.20. The minimum Gasteiger partial charge on any atom is -0.291 e. The van der Waals surface area contributed by atoms with Crippen LogP contribution in [0, 0.1) is 5.92 Å². The van der Waals surface area contributed by atoms with Gasteiger partial charge in [0.05, 0.1) is 6.04 Å². The maximum absolute atomic E-state index is 4.81. The molecule has 100 valence electrons. The highest BCUT2D eigenvalue weighted by Crippen LogP contribution is 2.32. The van der Waals surface area contributed by atoms with Crippen molar-refractivity contribution in [2.24, 2.45) is 5.92 Å². The van der Waals surface area contributed by atoms with Gasteiger partial charge in [-0.1, -0.05) is 6.92 Å². The zero-order chi connectivity index (χ0) is 12.7. The SMILES string of the molecule is CC1CCc2nc(C3CCCN3C(C)C)nn2C1. The first-order valence-electron chi connectivity index (χ1n) is 7.34. The van der Waals surface area contributed by atoms with Crippen LogP contribution in [-0.4, -0.2) is 32.3 Å². The number of hydrogen-bond donors (Lipinski definition) is 0. The van der Waals surface area contributed by atoms with Gasteiger partial charge in [-0.15, -0.1) is 0 Å². The van der Waals surface area contributed by atoms with E-state index in [9.17, 15) is 0 Å². The molecule has 1 saturated heterocycles. The zero-order valence-corrected chi connectivity index (χ0v) is 11.8. The normalized spacial score (nSPS) is 28.9. The van der Waals surface area contributed by atoms with Crippen LogP contribution in [0.5, 0.6) is 0 Å². The quantitative estimate of drug-likeness (QED) is 0.806. The number of aromatic nitrogens is 3. The largest absolute Gasteiger partial charge is 0.291 e. The molecule has 2 aliphatic heterocycles. The Labute approximate surface area is 109 Å². The monoisotopic (exact) mass is 248 g/mol. The van der Waals surface area contributed by atoms with E-state index in [1.165, 1.54) is 31.6 Å². The van der Waals surface area contributed by atoms with Crippen molar-refractivity contribution in [3.8, 4) is 0 Å². The Morgan fingerprint density at radius 3 is 2.89 bits per heavy atom. The van der Waals surface area contributed by atoms with Crippen molar-refractivity contribution in [1.29, 1.82) is 0 Å². The first kappa shape index (κ1) is 12.2. The van der Waals surface area contributed by atoms with Crippen molar-refractivity contribution >= 4 is 0 Å². The molecule has 1 aromatic rings. The van der Waals surface area contributed by atoms with Crippen molar-refractivity contribution in [3.63, 3.8) is 0 Å². The van der Waals surface area contributed by atoms with Gasteiger partial charge in [0.25, 0.3) is 0 Å². The lowest BCUT2D eigenvalue weighted by Gasteiger charge is -2.26. The molecule has 0 aromatic carbocycles. The molecule has 2 aliphatic rings. The van der Waals surface area contributed by atoms with Crippen molar-refractivity contribution in [2.45, 2.75) is 65.1 Å². The summed E-state index contributed by atoms with van der Waals surface area (Å²) in [6.45, 7) is 9.10. The van der Waals surface area contributed by atoms with E-state index >= 15 is 0 Å². The van der Waals surface area contributed by atoms with Crippen LogP contribution in [0.2, 0.25) is 0 Å². The molecule has 2 unspecified atom stereocenters. The summed E-state index contributed by atoms with van der Waals surface area (Å²) in [5.41, 5.74) is 0. The Hall–Kier alpha value is -0.900. The molecule has 0 radical (unpaired) electrons. The average Bonchev–Trinajstić information content (AvgIpc) is 2.93. The lowest BCUT2D eigenvalue weighted by atomic mass is 10.0. The Morgan fingerprint density at radius 1 is 1.28 bits per heavy atom. The van der Waals surface area contributed by atoms with E-state index in [0.29, 0.717) is 12.1 Å². The molecular weight excluding hydrogens is 224 g/mol. The minimum atomic E-state index is 0.457. The van der Waals surface area contributed by atoms with Crippen LogP contribution >= 0.6 is 0 Å². The third kappa shape index (κ3) is 2.07. The van der Waals surface area contributed by atoms with E-state index in [0.717, 1.165) is 24.7 Å². The number of aryl methyl sites for hydroxylation is 1. The molecule has 18 heavy (non-hydrogen) atoms. The summed E-state index contributed by atoms with van der Waals surface area (Å²) in [6.07, 6.45) is 4.86. The predicted octanol–water partition coefficient (Wildman–Crippen LogP) is 2.41. The summed E-state index contributed by atoms with van der Waals surface area (Å²) in [4.78, 5) is 7.36. The van der Waals surface area contributed by atoms with E-state index < -0.39 is 0 Å². The molecule has 0 amide bonds. The van der Waals surface area contributed by atoms with Gasteiger partial charge in [-0.05, 0) is 45.6 Å². The van der Waals surface area contributed by atoms with Crippen molar-refractivity contribution < 1.29 is 0 Å². The third-order valence-corrected chi connectivity index (χ3v) is 4.37. The lowest BCUT2D eigenvalue weighted by molar-refractivity contribution is 0.198. The average molecular weight is 248 g/mol. The summed E-state index contributed by atoms with van der Waals surface area (Å²) < 4.78 is 2.15. The fraction of sp³-hybridized carbons (Fsp3) is 0.857. The Bertz CT molecular complexity index is 423. The second-order valence-electron chi connectivity index (χ2n) is 6.20. The molecule has 3 rings (SSSR count). The molecule has 0 bridgehead atoms. The number of rotatable bonds is 2. The van der Waals surface area contributed by atoms with Crippen LogP contribution in [0.25, 0.3) is 0 Å². The van der Waals surface area contributed by atoms with Gasteiger partial charge in [-0.3, -0.25) is 4.90 Å². The molecule has 3 heterocycles. The standard InChI is InChI=1S/C14H24N4/c1-10(2)17-8-4-5-12(17)14-15-13-7-6-11(3)9-18(13)16-14/h10-12H,4-9H2,1-3H3. The lowest BCUT2D eigenvalue weighted by Crippen LogP contribution is -2.30. The molecule has 4 nitrogen and oxygen atoms in total. The molecule has 0 saturated carbocycles. The second kappa shape index (κ2) is 4.65. The van der Waals surface area contributed by atoms with Crippen LogP contribution in [-0.2, 0) is 13.0 Å². The molecule has 2 atom stereocenters. The fourth-order valence-corrected chi connectivity index (χ4v) is 3.31. The van der Waals surface area contributed by atoms with Crippen LogP contribution in [0.15, 0.2) is 0 Å². The number of hydrogen-bond acceptors (Lipinski definition) is 3. The van der Waals surface area contributed by atoms with Crippen molar-refractivity contribution in [1.82, 2.24) is 19.7 Å². The number of nitrogens with zero attached hydrogens (tertiary/aromatic N) is 4. The predicted molar refractivity (Wildman–Crippen MR) is 71.3 cm³/mol. The third-order valence-electron chi connectivity index (χ3n) is 4.37.